The van der Waals surface area contributed by atoms with Gasteiger partial charge in [0.25, 0.3) is 0 Å². The molecular weight excluding hydrogens is 324 g/mol. The molecule has 0 spiro atoms. The van der Waals surface area contributed by atoms with E-state index in [1.807, 2.05) is 18.2 Å². The van der Waals surface area contributed by atoms with Crippen LogP contribution in [-0.4, -0.2) is 0 Å². The maximum Gasteiger partial charge on any atom is 0.0511 e. The Balaban J connectivity index is 2.18. The number of benzene rings is 2. The van der Waals surface area contributed by atoms with Crippen molar-refractivity contribution in [2.45, 2.75) is 38.6 Å². The third kappa shape index (κ3) is 4.16. The van der Waals surface area contributed by atoms with Gasteiger partial charge in [0.1, 0.15) is 0 Å². The summed E-state index contributed by atoms with van der Waals surface area (Å²) in [5.41, 5.74) is 6.92. The van der Waals surface area contributed by atoms with Crippen molar-refractivity contribution in [3.05, 3.63) is 69.7 Å². The summed E-state index contributed by atoms with van der Waals surface area (Å²) < 4.78 is 1.08. The fourth-order valence-electron chi connectivity index (χ4n) is 2.39. The van der Waals surface area contributed by atoms with E-state index in [2.05, 4.69) is 72.5 Å². The Hall–Kier alpha value is -1.16. The molecule has 1 atom stereocenters. The van der Waals surface area contributed by atoms with E-state index in [9.17, 15) is 0 Å². The summed E-state index contributed by atoms with van der Waals surface area (Å²) in [5.74, 6) is 5.75. The second kappa shape index (κ2) is 6.73. The lowest BCUT2D eigenvalue weighted by Crippen LogP contribution is -2.29. The maximum atomic E-state index is 5.75. The highest BCUT2D eigenvalue weighted by molar-refractivity contribution is 9.10. The fraction of sp³-hybridized carbons (Fsp3) is 0.333. The van der Waals surface area contributed by atoms with Crippen LogP contribution >= 0.6 is 15.9 Å². The van der Waals surface area contributed by atoms with Gasteiger partial charge in [0.2, 0.25) is 0 Å². The highest BCUT2D eigenvalue weighted by Gasteiger charge is 2.15. The minimum atomic E-state index is 0.0982. The number of nitrogens with two attached hydrogens (primary N) is 1. The Morgan fingerprint density at radius 3 is 2.19 bits per heavy atom. The molecule has 0 heterocycles. The zero-order valence-electron chi connectivity index (χ0n) is 12.9. The molecule has 0 bridgehead atoms. The van der Waals surface area contributed by atoms with Gasteiger partial charge in [-0.3, -0.25) is 11.3 Å². The van der Waals surface area contributed by atoms with Crippen LogP contribution in [-0.2, 0) is 11.8 Å². The molecular formula is C18H23BrN2. The average Bonchev–Trinajstić information content (AvgIpc) is 2.45. The van der Waals surface area contributed by atoms with Gasteiger partial charge in [-0.05, 0) is 34.6 Å². The Morgan fingerprint density at radius 1 is 1.05 bits per heavy atom. The maximum absolute atomic E-state index is 5.75. The van der Waals surface area contributed by atoms with Gasteiger partial charge in [0.05, 0.1) is 6.04 Å². The van der Waals surface area contributed by atoms with Crippen molar-refractivity contribution in [3.8, 4) is 0 Å². The summed E-state index contributed by atoms with van der Waals surface area (Å²) in [5, 5.41) is 0. The van der Waals surface area contributed by atoms with E-state index in [1.165, 1.54) is 16.7 Å². The van der Waals surface area contributed by atoms with Gasteiger partial charge in [-0.25, -0.2) is 0 Å². The second-order valence-electron chi connectivity index (χ2n) is 6.39. The first-order valence-corrected chi connectivity index (χ1v) is 8.01. The quantitative estimate of drug-likeness (QED) is 0.632. The number of hydrazine groups is 1. The van der Waals surface area contributed by atoms with Crippen LogP contribution in [0.15, 0.2) is 53.0 Å². The molecule has 3 heteroatoms. The number of rotatable bonds is 4. The molecule has 0 aliphatic rings. The molecule has 2 aromatic rings. The molecule has 112 valence electrons. The summed E-state index contributed by atoms with van der Waals surface area (Å²) >= 11 is 3.59. The molecule has 0 radical (unpaired) electrons. The summed E-state index contributed by atoms with van der Waals surface area (Å²) in [7, 11) is 0. The molecule has 3 N–H and O–H groups in total. The third-order valence-electron chi connectivity index (χ3n) is 3.74. The predicted molar refractivity (Wildman–Crippen MR) is 93.1 cm³/mol. The van der Waals surface area contributed by atoms with Crippen molar-refractivity contribution in [2.75, 3.05) is 0 Å². The van der Waals surface area contributed by atoms with Crippen LogP contribution in [0.2, 0.25) is 0 Å². The summed E-state index contributed by atoms with van der Waals surface area (Å²) in [6.45, 7) is 6.69. The molecule has 0 aliphatic heterocycles. The molecule has 21 heavy (non-hydrogen) atoms. The number of halogens is 1. The molecule has 0 amide bonds. The Kier molecular flexibility index (Phi) is 5.20. The summed E-state index contributed by atoms with van der Waals surface area (Å²) in [6, 6.07) is 17.1. The van der Waals surface area contributed by atoms with Gasteiger partial charge in [0, 0.05) is 4.47 Å². The Bertz CT molecular complexity index is 585. The number of hydrogen-bond donors (Lipinski definition) is 2. The van der Waals surface area contributed by atoms with Crippen molar-refractivity contribution in [3.63, 3.8) is 0 Å². The molecule has 2 nitrogen and oxygen atoms in total. The van der Waals surface area contributed by atoms with Crippen LogP contribution in [0.25, 0.3) is 0 Å². The van der Waals surface area contributed by atoms with E-state index in [1.54, 1.807) is 0 Å². The van der Waals surface area contributed by atoms with Crippen LogP contribution in [0.1, 0.15) is 43.5 Å². The highest BCUT2D eigenvalue weighted by Crippen LogP contribution is 2.27. The lowest BCUT2D eigenvalue weighted by atomic mass is 9.86. The van der Waals surface area contributed by atoms with Crippen LogP contribution in [0.4, 0.5) is 0 Å². The average molecular weight is 347 g/mol. The van der Waals surface area contributed by atoms with Gasteiger partial charge in [-0.1, -0.05) is 79.2 Å². The van der Waals surface area contributed by atoms with Crippen molar-refractivity contribution in [1.82, 2.24) is 5.43 Å². The minimum Gasteiger partial charge on any atom is -0.271 e. The number of nitrogens with one attached hydrogen (secondary N) is 1. The third-order valence-corrected chi connectivity index (χ3v) is 4.46. The Morgan fingerprint density at radius 2 is 1.67 bits per heavy atom. The molecule has 0 saturated carbocycles. The van der Waals surface area contributed by atoms with Gasteiger partial charge >= 0.3 is 0 Å². The van der Waals surface area contributed by atoms with Gasteiger partial charge in [-0.2, -0.15) is 0 Å². The van der Waals surface area contributed by atoms with Crippen molar-refractivity contribution >= 4 is 15.9 Å². The molecule has 1 unspecified atom stereocenters. The van der Waals surface area contributed by atoms with Gasteiger partial charge in [0.15, 0.2) is 0 Å². The van der Waals surface area contributed by atoms with Crippen molar-refractivity contribution in [2.24, 2.45) is 5.84 Å². The van der Waals surface area contributed by atoms with E-state index in [-0.39, 0.29) is 11.5 Å². The van der Waals surface area contributed by atoms with E-state index in [4.69, 9.17) is 5.84 Å². The zero-order valence-corrected chi connectivity index (χ0v) is 14.4. The van der Waals surface area contributed by atoms with E-state index < -0.39 is 0 Å². The predicted octanol–water partition coefficient (Wildman–Crippen LogP) is 4.49. The zero-order chi connectivity index (χ0) is 15.5. The lowest BCUT2D eigenvalue weighted by Gasteiger charge is -2.21. The monoisotopic (exact) mass is 346 g/mol. The first-order valence-electron chi connectivity index (χ1n) is 7.22. The van der Waals surface area contributed by atoms with Crippen molar-refractivity contribution < 1.29 is 0 Å². The van der Waals surface area contributed by atoms with Crippen LogP contribution in [0, 0.1) is 0 Å². The molecule has 2 aromatic carbocycles. The first kappa shape index (κ1) is 16.2. The summed E-state index contributed by atoms with van der Waals surface area (Å²) in [6.07, 6.45) is 0.865. The lowest BCUT2D eigenvalue weighted by molar-refractivity contribution is 0.549. The molecule has 2 rings (SSSR count). The molecule has 0 aromatic heterocycles. The second-order valence-corrected chi connectivity index (χ2v) is 7.25. The molecule has 0 fully saturated rings. The Labute approximate surface area is 135 Å². The molecule has 0 saturated heterocycles. The van der Waals surface area contributed by atoms with E-state index in [0.717, 1.165) is 10.9 Å². The smallest absolute Gasteiger partial charge is 0.0511 e. The number of hydrogen-bond acceptors (Lipinski definition) is 2. The van der Waals surface area contributed by atoms with Crippen LogP contribution in [0.3, 0.4) is 0 Å². The standard InChI is InChI=1S/C18H23BrN2/c1-18(2,3)14-10-8-13(9-11-14)12-17(21-20)15-6-4-5-7-16(15)19/h4-11,17,21H,12,20H2,1-3H3. The topological polar surface area (TPSA) is 38.0 Å². The summed E-state index contributed by atoms with van der Waals surface area (Å²) in [4.78, 5) is 0. The van der Waals surface area contributed by atoms with Gasteiger partial charge < -0.3 is 0 Å². The minimum absolute atomic E-state index is 0.0982. The largest absolute Gasteiger partial charge is 0.271 e. The van der Waals surface area contributed by atoms with Crippen LogP contribution < -0.4 is 11.3 Å². The van der Waals surface area contributed by atoms with Crippen molar-refractivity contribution in [1.29, 1.82) is 0 Å². The highest BCUT2D eigenvalue weighted by atomic mass is 79.9. The van der Waals surface area contributed by atoms with Crippen LogP contribution in [0.5, 0.6) is 0 Å². The van der Waals surface area contributed by atoms with E-state index >= 15 is 0 Å². The first-order chi connectivity index (χ1) is 9.91. The van der Waals surface area contributed by atoms with E-state index in [0.29, 0.717) is 0 Å². The normalized spacial score (nSPS) is 13.2. The fourth-order valence-corrected chi connectivity index (χ4v) is 2.95. The SMILES string of the molecule is CC(C)(C)c1ccc(CC(NN)c2ccccc2Br)cc1. The van der Waals surface area contributed by atoms with Gasteiger partial charge in [-0.15, -0.1) is 0 Å². The molecule has 0 aliphatic carbocycles.